The normalized spacial score (nSPS) is 16.4. The van der Waals surface area contributed by atoms with Crippen molar-refractivity contribution in [1.82, 2.24) is 10.6 Å². The van der Waals surface area contributed by atoms with Crippen LogP contribution in [0.15, 0.2) is 0 Å². The largest absolute Gasteiger partial charge is 0.353 e. The average molecular weight is 191 g/mol. The quantitative estimate of drug-likeness (QED) is 0.590. The van der Waals surface area contributed by atoms with E-state index in [-0.39, 0.29) is 12.3 Å². The third-order valence-corrected chi connectivity index (χ3v) is 1.94. The molecule has 74 valence electrons. The molecule has 0 heterocycles. The molecule has 4 heteroatoms. The van der Waals surface area contributed by atoms with Gasteiger partial charge in [-0.3, -0.25) is 10.1 Å². The molecule has 0 bridgehead atoms. The van der Waals surface area contributed by atoms with Crippen molar-refractivity contribution in [3.05, 3.63) is 0 Å². The lowest BCUT2D eigenvalue weighted by molar-refractivity contribution is -0.121. The Hall–Kier alpha value is -1.52. The van der Waals surface area contributed by atoms with Gasteiger partial charge in [0.15, 0.2) is 0 Å². The van der Waals surface area contributed by atoms with E-state index >= 15 is 0 Å². The summed E-state index contributed by atoms with van der Waals surface area (Å²) in [7, 11) is 0. The fraction of sp³-hybridized carbons (Fsp3) is 0.600. The maximum Gasteiger partial charge on any atom is 0.222 e. The van der Waals surface area contributed by atoms with E-state index in [9.17, 15) is 4.79 Å². The van der Waals surface area contributed by atoms with Crippen LogP contribution in [0.4, 0.5) is 0 Å². The van der Waals surface area contributed by atoms with E-state index in [1.54, 1.807) is 0 Å². The van der Waals surface area contributed by atoms with Gasteiger partial charge < -0.3 is 5.32 Å². The van der Waals surface area contributed by atoms with Gasteiger partial charge in [0.05, 0.1) is 19.0 Å². The van der Waals surface area contributed by atoms with Crippen molar-refractivity contribution in [1.29, 1.82) is 5.26 Å². The molecule has 1 fully saturated rings. The average Bonchev–Trinajstić information content (AvgIpc) is 2.95. The molecule has 1 atom stereocenters. The zero-order valence-electron chi connectivity index (χ0n) is 7.92. The zero-order valence-corrected chi connectivity index (χ0v) is 7.92. The molecule has 0 saturated heterocycles. The summed E-state index contributed by atoms with van der Waals surface area (Å²) >= 11 is 0. The Morgan fingerprint density at radius 1 is 1.64 bits per heavy atom. The van der Waals surface area contributed by atoms with Crippen LogP contribution in [0.1, 0.15) is 19.3 Å². The minimum atomic E-state index is -0.482. The van der Waals surface area contributed by atoms with Crippen molar-refractivity contribution in [2.24, 2.45) is 0 Å². The SMILES string of the molecule is C#CCNC(C#N)CC(=O)NC1CC1. The number of amides is 1. The van der Waals surface area contributed by atoms with Crippen LogP contribution >= 0.6 is 0 Å². The van der Waals surface area contributed by atoms with Crippen LogP contribution in [-0.2, 0) is 4.79 Å². The molecule has 0 aromatic carbocycles. The first-order valence-electron chi connectivity index (χ1n) is 4.62. The van der Waals surface area contributed by atoms with E-state index in [0.717, 1.165) is 12.8 Å². The summed E-state index contributed by atoms with van der Waals surface area (Å²) in [6.07, 6.45) is 7.32. The molecular weight excluding hydrogens is 178 g/mol. The van der Waals surface area contributed by atoms with Crippen molar-refractivity contribution < 1.29 is 4.79 Å². The molecule has 0 spiro atoms. The van der Waals surface area contributed by atoms with E-state index < -0.39 is 6.04 Å². The number of nitrogens with zero attached hydrogens (tertiary/aromatic N) is 1. The summed E-state index contributed by atoms with van der Waals surface area (Å²) in [5, 5.41) is 14.3. The summed E-state index contributed by atoms with van der Waals surface area (Å²) in [6, 6.07) is 1.85. The number of hydrogen-bond acceptors (Lipinski definition) is 3. The van der Waals surface area contributed by atoms with Crippen LogP contribution in [-0.4, -0.2) is 24.5 Å². The number of carbonyl (C=O) groups excluding carboxylic acids is 1. The van der Waals surface area contributed by atoms with E-state index in [4.69, 9.17) is 11.7 Å². The second-order valence-corrected chi connectivity index (χ2v) is 3.31. The smallest absolute Gasteiger partial charge is 0.222 e. The van der Waals surface area contributed by atoms with Crippen molar-refractivity contribution in [2.45, 2.75) is 31.3 Å². The van der Waals surface area contributed by atoms with Gasteiger partial charge in [-0.2, -0.15) is 5.26 Å². The molecule has 1 rings (SSSR count). The van der Waals surface area contributed by atoms with E-state index in [1.165, 1.54) is 0 Å². The van der Waals surface area contributed by atoms with Gasteiger partial charge >= 0.3 is 0 Å². The number of nitrogens with one attached hydrogen (secondary N) is 2. The lowest BCUT2D eigenvalue weighted by Gasteiger charge is -2.08. The summed E-state index contributed by atoms with van der Waals surface area (Å²) in [5.41, 5.74) is 0. The molecule has 1 amide bonds. The zero-order chi connectivity index (χ0) is 10.4. The predicted molar refractivity (Wildman–Crippen MR) is 52.0 cm³/mol. The third kappa shape index (κ3) is 3.93. The first-order valence-corrected chi connectivity index (χ1v) is 4.62. The number of rotatable bonds is 5. The van der Waals surface area contributed by atoms with Gasteiger partial charge in [0.1, 0.15) is 6.04 Å². The monoisotopic (exact) mass is 191 g/mol. The first-order chi connectivity index (χ1) is 6.76. The molecule has 0 radical (unpaired) electrons. The lowest BCUT2D eigenvalue weighted by atomic mass is 10.2. The molecule has 0 aromatic rings. The molecule has 0 aliphatic heterocycles. The molecule has 1 aliphatic carbocycles. The van der Waals surface area contributed by atoms with Gasteiger partial charge in [-0.25, -0.2) is 0 Å². The minimum absolute atomic E-state index is 0.0800. The summed E-state index contributed by atoms with van der Waals surface area (Å²) in [6.45, 7) is 0.314. The molecule has 2 N–H and O–H groups in total. The molecule has 4 nitrogen and oxygen atoms in total. The minimum Gasteiger partial charge on any atom is -0.353 e. The Bertz CT molecular complexity index is 283. The Labute approximate surface area is 83.7 Å². The van der Waals surface area contributed by atoms with Gasteiger partial charge in [0, 0.05) is 6.04 Å². The molecule has 0 aromatic heterocycles. The van der Waals surface area contributed by atoms with Crippen molar-refractivity contribution in [3.63, 3.8) is 0 Å². The highest BCUT2D eigenvalue weighted by molar-refractivity contribution is 5.77. The van der Waals surface area contributed by atoms with Crippen molar-refractivity contribution >= 4 is 5.91 Å². The predicted octanol–water partition coefficient (Wildman–Crippen LogP) is -0.230. The first kappa shape index (κ1) is 10.6. The number of carbonyl (C=O) groups is 1. The number of hydrogen-bond donors (Lipinski definition) is 2. The number of nitriles is 1. The van der Waals surface area contributed by atoms with Crippen LogP contribution in [0.2, 0.25) is 0 Å². The topological polar surface area (TPSA) is 64.9 Å². The van der Waals surface area contributed by atoms with Crippen LogP contribution in [0, 0.1) is 23.7 Å². The highest BCUT2D eigenvalue weighted by atomic mass is 16.1. The second kappa shape index (κ2) is 5.26. The Morgan fingerprint density at radius 2 is 2.36 bits per heavy atom. The standard InChI is InChI=1S/C10H13N3O/c1-2-5-12-9(7-11)6-10(14)13-8-3-4-8/h1,8-9,12H,3-6H2,(H,13,14). The van der Waals surface area contributed by atoms with Crippen LogP contribution in [0.25, 0.3) is 0 Å². The van der Waals surface area contributed by atoms with Gasteiger partial charge in [-0.1, -0.05) is 5.92 Å². The van der Waals surface area contributed by atoms with Gasteiger partial charge in [-0.15, -0.1) is 6.42 Å². The van der Waals surface area contributed by atoms with Crippen LogP contribution < -0.4 is 10.6 Å². The molecule has 1 saturated carbocycles. The Kier molecular flexibility index (Phi) is 3.97. The van der Waals surface area contributed by atoms with Gasteiger partial charge in [0.25, 0.3) is 0 Å². The summed E-state index contributed by atoms with van der Waals surface area (Å²) in [5.74, 6) is 2.28. The van der Waals surface area contributed by atoms with Gasteiger partial charge in [0.2, 0.25) is 5.91 Å². The van der Waals surface area contributed by atoms with E-state index in [1.807, 2.05) is 6.07 Å². The van der Waals surface area contributed by atoms with E-state index in [0.29, 0.717) is 12.6 Å². The Balaban J connectivity index is 2.21. The van der Waals surface area contributed by atoms with E-state index in [2.05, 4.69) is 16.6 Å². The van der Waals surface area contributed by atoms with Crippen molar-refractivity contribution in [2.75, 3.05) is 6.54 Å². The highest BCUT2D eigenvalue weighted by Crippen LogP contribution is 2.18. The maximum atomic E-state index is 11.3. The maximum absolute atomic E-state index is 11.3. The molecular formula is C10H13N3O. The second-order valence-electron chi connectivity index (χ2n) is 3.31. The Morgan fingerprint density at radius 3 is 2.86 bits per heavy atom. The lowest BCUT2D eigenvalue weighted by Crippen LogP contribution is -2.35. The molecule has 1 aliphatic rings. The summed E-state index contributed by atoms with van der Waals surface area (Å²) in [4.78, 5) is 11.3. The fourth-order valence-electron chi connectivity index (χ4n) is 1.05. The summed E-state index contributed by atoms with van der Waals surface area (Å²) < 4.78 is 0. The fourth-order valence-corrected chi connectivity index (χ4v) is 1.05. The van der Waals surface area contributed by atoms with Crippen LogP contribution in [0.3, 0.4) is 0 Å². The third-order valence-electron chi connectivity index (χ3n) is 1.94. The highest BCUT2D eigenvalue weighted by Gasteiger charge is 2.24. The van der Waals surface area contributed by atoms with Crippen molar-refractivity contribution in [3.8, 4) is 18.4 Å². The van der Waals surface area contributed by atoms with Gasteiger partial charge in [-0.05, 0) is 12.8 Å². The molecule has 14 heavy (non-hydrogen) atoms. The number of terminal acetylenes is 1. The molecule has 1 unspecified atom stereocenters. The van der Waals surface area contributed by atoms with Crippen LogP contribution in [0.5, 0.6) is 0 Å².